The third-order valence-corrected chi connectivity index (χ3v) is 4.47. The molecule has 0 aliphatic heterocycles. The van der Waals surface area contributed by atoms with Crippen LogP contribution in [0.1, 0.15) is 21.5 Å². The maximum absolute atomic E-state index is 11.5. The number of ether oxygens (including phenoxy) is 1. The molecule has 158 valence electrons. The highest BCUT2D eigenvalue weighted by atomic mass is 127. The average molecular weight is 519 g/mol. The number of nitrogens with one attached hydrogen (secondary N) is 2. The molecule has 2 N–H and O–H groups in total. The summed E-state index contributed by atoms with van der Waals surface area (Å²) in [6.45, 7) is 1.38. The van der Waals surface area contributed by atoms with Gasteiger partial charge in [-0.15, -0.1) is 24.0 Å². The Labute approximate surface area is 193 Å². The Bertz CT molecular complexity index is 939. The van der Waals surface area contributed by atoms with Crippen LogP contribution in [0.5, 0.6) is 0 Å². The van der Waals surface area contributed by atoms with Crippen molar-refractivity contribution in [3.05, 3.63) is 83.7 Å². The van der Waals surface area contributed by atoms with Crippen LogP contribution in [-0.4, -0.2) is 42.4 Å². The van der Waals surface area contributed by atoms with Gasteiger partial charge in [0.05, 0.1) is 18.4 Å². The maximum Gasteiger partial charge on any atom is 0.337 e. The van der Waals surface area contributed by atoms with Crippen molar-refractivity contribution in [2.45, 2.75) is 13.0 Å². The fourth-order valence-corrected chi connectivity index (χ4v) is 2.85. The van der Waals surface area contributed by atoms with Gasteiger partial charge < -0.3 is 15.4 Å². The van der Waals surface area contributed by atoms with Crippen LogP contribution in [0.4, 0.5) is 0 Å². The fourth-order valence-electron chi connectivity index (χ4n) is 2.85. The lowest BCUT2D eigenvalue weighted by atomic mass is 10.1. The van der Waals surface area contributed by atoms with Crippen LogP contribution >= 0.6 is 24.0 Å². The van der Waals surface area contributed by atoms with Crippen LogP contribution in [0.3, 0.4) is 0 Å². The minimum Gasteiger partial charge on any atom is -0.465 e. The summed E-state index contributed by atoms with van der Waals surface area (Å²) < 4.78 is 6.55. The lowest BCUT2D eigenvalue weighted by Gasteiger charge is -2.12. The van der Waals surface area contributed by atoms with Gasteiger partial charge in [0.2, 0.25) is 0 Å². The van der Waals surface area contributed by atoms with Crippen molar-refractivity contribution in [3.63, 3.8) is 0 Å². The Hall–Kier alpha value is -2.88. The molecular weight excluding hydrogens is 493 g/mol. The van der Waals surface area contributed by atoms with Gasteiger partial charge in [-0.1, -0.05) is 24.3 Å². The second kappa shape index (κ2) is 12.0. The molecule has 0 aliphatic rings. The summed E-state index contributed by atoms with van der Waals surface area (Å²) in [4.78, 5) is 15.7. The lowest BCUT2D eigenvalue weighted by molar-refractivity contribution is 0.0600. The van der Waals surface area contributed by atoms with E-state index in [1.54, 1.807) is 25.4 Å². The zero-order chi connectivity index (χ0) is 20.5. The number of esters is 1. The minimum absolute atomic E-state index is 0. The Kier molecular flexibility index (Phi) is 9.33. The average Bonchev–Trinajstić information content (AvgIpc) is 3.31. The number of guanidine groups is 1. The highest BCUT2D eigenvalue weighted by Crippen LogP contribution is 2.09. The molecule has 30 heavy (non-hydrogen) atoms. The number of halogens is 1. The van der Waals surface area contributed by atoms with Crippen molar-refractivity contribution in [2.75, 3.05) is 20.7 Å². The van der Waals surface area contributed by atoms with Crippen LogP contribution in [0.25, 0.3) is 5.69 Å². The van der Waals surface area contributed by atoms with Crippen LogP contribution in [0.2, 0.25) is 0 Å². The van der Waals surface area contributed by atoms with Gasteiger partial charge in [0.1, 0.15) is 0 Å². The number of hydrogen-bond acceptors (Lipinski definition) is 4. The molecule has 3 aromatic rings. The number of rotatable bonds is 7. The number of methoxy groups -OCH3 is 1. The third-order valence-electron chi connectivity index (χ3n) is 4.47. The van der Waals surface area contributed by atoms with Gasteiger partial charge in [-0.05, 0) is 47.9 Å². The molecule has 1 aromatic heterocycles. The van der Waals surface area contributed by atoms with Crippen molar-refractivity contribution >= 4 is 35.9 Å². The summed E-state index contributed by atoms with van der Waals surface area (Å²) in [6.07, 6.45) is 4.58. The molecule has 0 saturated carbocycles. The summed E-state index contributed by atoms with van der Waals surface area (Å²) >= 11 is 0. The Morgan fingerprint density at radius 2 is 1.77 bits per heavy atom. The smallest absolute Gasteiger partial charge is 0.337 e. The predicted octanol–water partition coefficient (Wildman–Crippen LogP) is 3.18. The molecule has 0 amide bonds. The van der Waals surface area contributed by atoms with Crippen LogP contribution in [-0.2, 0) is 17.7 Å². The van der Waals surface area contributed by atoms with Crippen LogP contribution in [0, 0.1) is 0 Å². The zero-order valence-corrected chi connectivity index (χ0v) is 19.4. The second-order valence-electron chi connectivity index (χ2n) is 6.41. The first-order chi connectivity index (χ1) is 14.2. The second-order valence-corrected chi connectivity index (χ2v) is 6.41. The van der Waals surface area contributed by atoms with Crippen molar-refractivity contribution in [2.24, 2.45) is 4.99 Å². The number of carbonyl (C=O) groups excluding carboxylic acids is 1. The van der Waals surface area contributed by atoms with E-state index in [1.807, 2.05) is 29.1 Å². The number of carbonyl (C=O) groups is 1. The van der Waals surface area contributed by atoms with Gasteiger partial charge >= 0.3 is 5.97 Å². The number of nitrogens with zero attached hydrogens (tertiary/aromatic N) is 3. The monoisotopic (exact) mass is 519 g/mol. The van der Waals surface area contributed by atoms with E-state index in [1.165, 1.54) is 12.7 Å². The van der Waals surface area contributed by atoms with Gasteiger partial charge in [0.15, 0.2) is 5.96 Å². The number of aromatic nitrogens is 2. The van der Waals surface area contributed by atoms with Gasteiger partial charge in [-0.25, -0.2) is 9.48 Å². The normalized spacial score (nSPS) is 10.8. The first kappa shape index (κ1) is 23.4. The summed E-state index contributed by atoms with van der Waals surface area (Å²) in [7, 11) is 3.12. The Morgan fingerprint density at radius 1 is 1.07 bits per heavy atom. The molecular formula is C22H26IN5O2. The number of aliphatic imine (C=N–C) groups is 1. The van der Waals surface area contributed by atoms with Gasteiger partial charge in [0, 0.05) is 32.5 Å². The molecule has 7 nitrogen and oxygen atoms in total. The van der Waals surface area contributed by atoms with Crippen LogP contribution < -0.4 is 10.6 Å². The summed E-state index contributed by atoms with van der Waals surface area (Å²) in [6, 6.07) is 17.6. The first-order valence-corrected chi connectivity index (χ1v) is 9.40. The van der Waals surface area contributed by atoms with Gasteiger partial charge in [-0.2, -0.15) is 5.10 Å². The van der Waals surface area contributed by atoms with E-state index in [0.29, 0.717) is 12.1 Å². The molecule has 0 atom stereocenters. The van der Waals surface area contributed by atoms with E-state index in [-0.39, 0.29) is 29.9 Å². The zero-order valence-electron chi connectivity index (χ0n) is 17.0. The topological polar surface area (TPSA) is 80.5 Å². The summed E-state index contributed by atoms with van der Waals surface area (Å²) in [5.74, 6) is 0.398. The molecule has 0 bridgehead atoms. The van der Waals surface area contributed by atoms with Crippen molar-refractivity contribution < 1.29 is 9.53 Å². The van der Waals surface area contributed by atoms with Crippen molar-refractivity contribution in [1.82, 2.24) is 20.4 Å². The van der Waals surface area contributed by atoms with Crippen LogP contribution in [0.15, 0.2) is 72.0 Å². The maximum atomic E-state index is 11.5. The molecule has 0 unspecified atom stereocenters. The molecule has 3 rings (SSSR count). The van der Waals surface area contributed by atoms with Crippen molar-refractivity contribution in [1.29, 1.82) is 0 Å². The van der Waals surface area contributed by atoms with Gasteiger partial charge in [-0.3, -0.25) is 4.99 Å². The molecule has 1 heterocycles. The molecule has 0 saturated heterocycles. The van der Waals surface area contributed by atoms with E-state index >= 15 is 0 Å². The molecule has 0 aliphatic carbocycles. The largest absolute Gasteiger partial charge is 0.465 e. The molecule has 0 spiro atoms. The number of hydrogen-bond donors (Lipinski definition) is 2. The molecule has 2 aromatic carbocycles. The summed E-state index contributed by atoms with van der Waals surface area (Å²) in [5.41, 5.74) is 3.87. The first-order valence-electron chi connectivity index (χ1n) is 9.40. The molecule has 8 heteroatoms. The van der Waals surface area contributed by atoms with E-state index < -0.39 is 0 Å². The van der Waals surface area contributed by atoms with E-state index in [2.05, 4.69) is 45.0 Å². The van der Waals surface area contributed by atoms with Gasteiger partial charge in [0.25, 0.3) is 0 Å². The standard InChI is InChI=1S/C22H25N5O2.HI/c1-23-22(25-16-18-4-8-19(9-5-18)21(28)29-2)24-14-12-17-6-10-20(11-7-17)27-15-3-13-26-27;/h3-11,13,15H,12,14,16H2,1-2H3,(H2,23,24,25);1H. The highest BCUT2D eigenvalue weighted by molar-refractivity contribution is 14.0. The lowest BCUT2D eigenvalue weighted by Crippen LogP contribution is -2.37. The Balaban J connectivity index is 0.00000320. The fraction of sp³-hybridized carbons (Fsp3) is 0.227. The predicted molar refractivity (Wildman–Crippen MR) is 129 cm³/mol. The number of benzene rings is 2. The summed E-state index contributed by atoms with van der Waals surface area (Å²) in [5, 5.41) is 10.8. The quantitative estimate of drug-likeness (QED) is 0.217. The third kappa shape index (κ3) is 6.58. The Morgan fingerprint density at radius 3 is 2.37 bits per heavy atom. The van der Waals surface area contributed by atoms with E-state index in [0.717, 1.165) is 30.2 Å². The minimum atomic E-state index is -0.334. The molecule has 0 radical (unpaired) electrons. The van der Waals surface area contributed by atoms with Crippen molar-refractivity contribution in [3.8, 4) is 5.69 Å². The molecule has 0 fully saturated rings. The van der Waals surface area contributed by atoms with E-state index in [4.69, 9.17) is 4.74 Å². The highest BCUT2D eigenvalue weighted by Gasteiger charge is 2.05. The SMILES string of the molecule is CN=C(NCCc1ccc(-n2cccn2)cc1)NCc1ccc(C(=O)OC)cc1.I. The van der Waals surface area contributed by atoms with E-state index in [9.17, 15) is 4.79 Å².